The van der Waals surface area contributed by atoms with Crippen LogP contribution in [0.2, 0.25) is 5.02 Å². The van der Waals surface area contributed by atoms with Gasteiger partial charge in [-0.3, -0.25) is 9.59 Å². The van der Waals surface area contributed by atoms with Crippen molar-refractivity contribution in [1.82, 2.24) is 10.2 Å². The van der Waals surface area contributed by atoms with Gasteiger partial charge in [0.2, 0.25) is 5.91 Å². The minimum atomic E-state index is -0.514. The molecular weight excluding hydrogens is 544 g/mol. The summed E-state index contributed by atoms with van der Waals surface area (Å²) in [5.74, 6) is 0.132. The van der Waals surface area contributed by atoms with Crippen LogP contribution in [0.1, 0.15) is 43.5 Å². The summed E-state index contributed by atoms with van der Waals surface area (Å²) in [6, 6.07) is 23.8. The van der Waals surface area contributed by atoms with Crippen LogP contribution in [0.15, 0.2) is 106 Å². The number of carbonyl (C=O) groups excluding carboxylic acids is 2. The van der Waals surface area contributed by atoms with Crippen LogP contribution < -0.4 is 15.4 Å². The molecule has 7 nitrogen and oxygen atoms in total. The topological polar surface area (TPSA) is 83.0 Å². The number of allylic oxidation sites excluding steroid dienone is 1. The number of amides is 2. The van der Waals surface area contributed by atoms with Crippen molar-refractivity contribution in [2.24, 2.45) is 4.99 Å². The lowest BCUT2D eigenvalue weighted by Gasteiger charge is -2.36. The number of nitrogens with zero attached hydrogens (tertiary/aromatic N) is 2. The molecule has 0 bridgehead atoms. The third kappa shape index (κ3) is 5.78. The molecule has 2 heterocycles. The van der Waals surface area contributed by atoms with Gasteiger partial charge in [0.15, 0.2) is 5.17 Å². The number of methoxy groups -OCH3 is 1. The number of thioether (sulfide) groups is 1. The number of para-hydroxylation sites is 2. The number of aliphatic imine (C=N–C) groups is 1. The average molecular weight is 573 g/mol. The zero-order valence-corrected chi connectivity index (χ0v) is 23.9. The van der Waals surface area contributed by atoms with Crippen molar-refractivity contribution in [3.8, 4) is 5.75 Å². The Balaban J connectivity index is 1.45. The molecule has 204 valence electrons. The highest BCUT2D eigenvalue weighted by atomic mass is 35.5. The molecule has 5 rings (SSSR count). The van der Waals surface area contributed by atoms with E-state index in [0.717, 1.165) is 16.8 Å². The lowest BCUT2D eigenvalue weighted by atomic mass is 9.93. The molecule has 2 N–H and O–H groups in total. The Kier molecular flexibility index (Phi) is 8.28. The summed E-state index contributed by atoms with van der Waals surface area (Å²) < 4.78 is 5.44. The first-order valence-corrected chi connectivity index (χ1v) is 14.1. The molecule has 0 saturated carbocycles. The maximum absolute atomic E-state index is 13.9. The van der Waals surface area contributed by atoms with Gasteiger partial charge in [-0.15, -0.1) is 0 Å². The molecule has 0 spiro atoms. The van der Waals surface area contributed by atoms with Crippen molar-refractivity contribution in [1.29, 1.82) is 0 Å². The molecule has 2 amide bonds. The van der Waals surface area contributed by atoms with Crippen LogP contribution >= 0.6 is 23.4 Å². The highest BCUT2D eigenvalue weighted by Crippen LogP contribution is 2.45. The number of rotatable bonds is 8. The zero-order valence-electron chi connectivity index (χ0n) is 22.4. The predicted octanol–water partition coefficient (Wildman–Crippen LogP) is 6.83. The molecule has 0 fully saturated rings. The van der Waals surface area contributed by atoms with Crippen molar-refractivity contribution in [2.75, 3.05) is 12.4 Å². The SMILES string of the molecule is COc1ccccc1NC(=O)C1=C(C)N=C2SC=C(CC(=O)NC(C)c3ccccc3)N2C1c1ccc(Cl)cc1. The minimum Gasteiger partial charge on any atom is -0.495 e. The Bertz CT molecular complexity index is 1520. The van der Waals surface area contributed by atoms with E-state index in [1.807, 2.05) is 78.8 Å². The maximum Gasteiger partial charge on any atom is 0.256 e. The van der Waals surface area contributed by atoms with Gasteiger partial charge in [0.05, 0.1) is 42.6 Å². The number of hydrogen-bond acceptors (Lipinski definition) is 6. The quantitative estimate of drug-likeness (QED) is 0.309. The lowest BCUT2D eigenvalue weighted by Crippen LogP contribution is -2.39. The van der Waals surface area contributed by atoms with Crippen molar-refractivity contribution < 1.29 is 14.3 Å². The normalized spacial score (nSPS) is 17.0. The molecule has 2 unspecified atom stereocenters. The highest BCUT2D eigenvalue weighted by molar-refractivity contribution is 8.16. The molecule has 9 heteroatoms. The molecule has 2 aliphatic heterocycles. The summed E-state index contributed by atoms with van der Waals surface area (Å²) in [7, 11) is 1.56. The summed E-state index contributed by atoms with van der Waals surface area (Å²) in [5, 5.41) is 9.33. The Morgan fingerprint density at radius 2 is 1.75 bits per heavy atom. The van der Waals surface area contributed by atoms with Crippen LogP contribution in [-0.2, 0) is 9.59 Å². The summed E-state index contributed by atoms with van der Waals surface area (Å²) in [5.41, 5.74) is 4.27. The summed E-state index contributed by atoms with van der Waals surface area (Å²) in [4.78, 5) is 33.8. The summed E-state index contributed by atoms with van der Waals surface area (Å²) in [6.45, 7) is 3.79. The number of hydrogen-bond donors (Lipinski definition) is 2. The van der Waals surface area contributed by atoms with Gasteiger partial charge in [-0.1, -0.05) is 78.0 Å². The standard InChI is InChI=1S/C31H29ClN4O3S/c1-19(21-9-5-4-6-10-21)33-27(37)17-24-18-40-31-34-20(2)28(29(36(24)31)22-13-15-23(32)16-14-22)30(38)35-25-11-7-8-12-26(25)39-3/h4-16,18-19,29H,17H2,1-3H3,(H,33,37)(H,35,38). The zero-order chi connectivity index (χ0) is 28.2. The second-order valence-electron chi connectivity index (χ2n) is 9.48. The van der Waals surface area contributed by atoms with Crippen molar-refractivity contribution >= 4 is 46.0 Å². The number of ether oxygens (including phenoxy) is 1. The van der Waals surface area contributed by atoms with Crippen LogP contribution in [0.3, 0.4) is 0 Å². The van der Waals surface area contributed by atoms with Crippen molar-refractivity contribution in [3.63, 3.8) is 0 Å². The Morgan fingerprint density at radius 3 is 2.48 bits per heavy atom. The molecule has 0 aliphatic carbocycles. The van der Waals surface area contributed by atoms with Crippen LogP contribution in [0.25, 0.3) is 0 Å². The highest BCUT2D eigenvalue weighted by Gasteiger charge is 2.40. The molecule has 3 aromatic rings. The number of halogens is 1. The van der Waals surface area contributed by atoms with E-state index in [9.17, 15) is 9.59 Å². The first-order valence-electron chi connectivity index (χ1n) is 12.8. The number of fused-ring (bicyclic) bond motifs is 1. The van der Waals surface area contributed by atoms with Crippen molar-refractivity contribution in [2.45, 2.75) is 32.4 Å². The van der Waals surface area contributed by atoms with Gasteiger partial charge in [0.1, 0.15) is 5.75 Å². The molecule has 0 radical (unpaired) electrons. The van der Waals surface area contributed by atoms with Gasteiger partial charge in [-0.05, 0) is 54.6 Å². The van der Waals surface area contributed by atoms with E-state index in [4.69, 9.17) is 21.3 Å². The lowest BCUT2D eigenvalue weighted by molar-refractivity contribution is -0.121. The third-order valence-electron chi connectivity index (χ3n) is 6.80. The first-order chi connectivity index (χ1) is 19.4. The average Bonchev–Trinajstić information content (AvgIpc) is 3.34. The number of amidine groups is 1. The maximum atomic E-state index is 13.9. The molecule has 0 aromatic heterocycles. The molecule has 0 saturated heterocycles. The number of nitrogens with one attached hydrogen (secondary N) is 2. The number of carbonyl (C=O) groups is 2. The summed E-state index contributed by atoms with van der Waals surface area (Å²) >= 11 is 7.66. The summed E-state index contributed by atoms with van der Waals surface area (Å²) in [6.07, 6.45) is 0.133. The fourth-order valence-corrected chi connectivity index (χ4v) is 5.93. The van der Waals surface area contributed by atoms with E-state index < -0.39 is 6.04 Å². The number of benzene rings is 3. The Labute approximate surface area is 243 Å². The largest absolute Gasteiger partial charge is 0.495 e. The molecule has 40 heavy (non-hydrogen) atoms. The van der Waals surface area contributed by atoms with E-state index in [1.165, 1.54) is 11.8 Å². The van der Waals surface area contributed by atoms with Crippen LogP contribution in [0, 0.1) is 0 Å². The second-order valence-corrected chi connectivity index (χ2v) is 10.7. The number of anilines is 1. The van der Waals surface area contributed by atoms with Gasteiger partial charge >= 0.3 is 0 Å². The second kappa shape index (κ2) is 12.0. The smallest absolute Gasteiger partial charge is 0.256 e. The van der Waals surface area contributed by atoms with E-state index in [2.05, 4.69) is 10.6 Å². The molecule has 3 aromatic carbocycles. The minimum absolute atomic E-state index is 0.120. The van der Waals surface area contributed by atoms with Crippen LogP contribution in [0.5, 0.6) is 5.75 Å². The molecule has 2 aliphatic rings. The first kappa shape index (κ1) is 27.6. The van der Waals surface area contributed by atoms with Gasteiger partial charge in [-0.2, -0.15) is 0 Å². The monoisotopic (exact) mass is 572 g/mol. The van der Waals surface area contributed by atoms with E-state index >= 15 is 0 Å². The Morgan fingerprint density at radius 1 is 1.05 bits per heavy atom. The van der Waals surface area contributed by atoms with E-state index in [-0.39, 0.29) is 24.3 Å². The van der Waals surface area contributed by atoms with E-state index in [1.54, 1.807) is 31.4 Å². The fourth-order valence-electron chi connectivity index (χ4n) is 4.84. The van der Waals surface area contributed by atoms with Gasteiger partial charge in [-0.25, -0.2) is 4.99 Å². The van der Waals surface area contributed by atoms with Crippen molar-refractivity contribution in [3.05, 3.63) is 117 Å². The van der Waals surface area contributed by atoms with Crippen LogP contribution in [-0.4, -0.2) is 29.0 Å². The van der Waals surface area contributed by atoms with Crippen LogP contribution in [0.4, 0.5) is 5.69 Å². The van der Waals surface area contributed by atoms with Gasteiger partial charge in [0, 0.05) is 10.7 Å². The fraction of sp³-hybridized carbons (Fsp3) is 0.194. The molecule has 2 atom stereocenters. The third-order valence-corrected chi connectivity index (χ3v) is 7.95. The predicted molar refractivity (Wildman–Crippen MR) is 161 cm³/mol. The van der Waals surface area contributed by atoms with Gasteiger partial charge in [0.25, 0.3) is 5.91 Å². The van der Waals surface area contributed by atoms with Gasteiger partial charge < -0.3 is 20.3 Å². The van der Waals surface area contributed by atoms with E-state index in [0.29, 0.717) is 32.9 Å². The molecular formula is C31H29ClN4O3S. The Hall–Kier alpha value is -4.01.